The molecular weight excluding hydrogens is 184 g/mol. The number of aryl methyl sites for hydroxylation is 2. The Balaban J connectivity index is 0.000000845. The Labute approximate surface area is 83.8 Å². The van der Waals surface area contributed by atoms with Gasteiger partial charge in [-0.05, 0) is 18.6 Å². The van der Waals surface area contributed by atoms with Crippen LogP contribution in [-0.2, 0) is 0 Å². The van der Waals surface area contributed by atoms with Gasteiger partial charge in [0.05, 0.1) is 12.3 Å². The molecule has 0 amide bonds. The quantitative estimate of drug-likeness (QED) is 0.551. The molecule has 1 nitrogen and oxygen atoms in total. The molecule has 0 aliphatic heterocycles. The van der Waals surface area contributed by atoms with Crippen LogP contribution in [0.25, 0.3) is 11.0 Å². The highest BCUT2D eigenvalue weighted by molar-refractivity contribution is 5.79. The monoisotopic (exact) mass is 194 g/mol. The summed E-state index contributed by atoms with van der Waals surface area (Å²) in [6.45, 7) is 4.07. The van der Waals surface area contributed by atoms with Gasteiger partial charge in [-0.2, -0.15) is 0 Å². The standard InChI is InChI=1S/C11H11O.ClH/c1-8-7-9(2)12-11-6-4-3-5-10(8)11;/h3-7H,1-2H3;1H/q+1;/p-1. The van der Waals surface area contributed by atoms with Gasteiger partial charge < -0.3 is 12.4 Å². The molecule has 2 heteroatoms. The lowest BCUT2D eigenvalue weighted by Gasteiger charge is -1.92. The zero-order chi connectivity index (χ0) is 8.55. The summed E-state index contributed by atoms with van der Waals surface area (Å²) >= 11 is 0. The van der Waals surface area contributed by atoms with Crippen LogP contribution in [0.5, 0.6) is 0 Å². The second-order valence-corrected chi connectivity index (χ2v) is 3.04. The molecule has 0 aliphatic carbocycles. The zero-order valence-electron chi connectivity index (χ0n) is 7.67. The lowest BCUT2D eigenvalue weighted by Crippen LogP contribution is -3.00. The molecule has 68 valence electrons. The van der Waals surface area contributed by atoms with Gasteiger partial charge in [0.25, 0.3) is 0 Å². The Morgan fingerprint density at radius 3 is 2.54 bits per heavy atom. The number of rotatable bonds is 0. The van der Waals surface area contributed by atoms with Crippen molar-refractivity contribution in [3.05, 3.63) is 41.7 Å². The Morgan fingerprint density at radius 2 is 1.77 bits per heavy atom. The fraction of sp³-hybridized carbons (Fsp3) is 0.182. The van der Waals surface area contributed by atoms with Crippen molar-refractivity contribution in [1.82, 2.24) is 0 Å². The van der Waals surface area contributed by atoms with Gasteiger partial charge in [-0.15, -0.1) is 0 Å². The molecule has 0 saturated heterocycles. The molecule has 0 fully saturated rings. The lowest BCUT2D eigenvalue weighted by molar-refractivity contribution is -0.00000316. The number of hydrogen-bond acceptors (Lipinski definition) is 0. The molecule has 0 unspecified atom stereocenters. The SMILES string of the molecule is Cc1cc(C)c2ccccc2[o+]1.[Cl-]. The first-order valence-corrected chi connectivity index (χ1v) is 4.06. The van der Waals surface area contributed by atoms with Crippen molar-refractivity contribution in [3.63, 3.8) is 0 Å². The van der Waals surface area contributed by atoms with Crippen LogP contribution in [0.2, 0.25) is 0 Å². The second-order valence-electron chi connectivity index (χ2n) is 3.04. The molecule has 1 heterocycles. The highest BCUT2D eigenvalue weighted by atomic mass is 35.5. The topological polar surface area (TPSA) is 11.3 Å². The third kappa shape index (κ3) is 1.81. The fourth-order valence-electron chi connectivity index (χ4n) is 1.47. The number of para-hydroxylation sites is 1. The van der Waals surface area contributed by atoms with E-state index in [4.69, 9.17) is 4.42 Å². The zero-order valence-corrected chi connectivity index (χ0v) is 8.43. The van der Waals surface area contributed by atoms with Crippen LogP contribution in [0.15, 0.2) is 34.7 Å². The number of hydrogen-bond donors (Lipinski definition) is 0. The van der Waals surface area contributed by atoms with E-state index >= 15 is 0 Å². The van der Waals surface area contributed by atoms with Crippen molar-refractivity contribution in [2.24, 2.45) is 0 Å². The lowest BCUT2D eigenvalue weighted by atomic mass is 10.1. The van der Waals surface area contributed by atoms with E-state index in [-0.39, 0.29) is 12.4 Å². The van der Waals surface area contributed by atoms with Gasteiger partial charge in [0.1, 0.15) is 0 Å². The van der Waals surface area contributed by atoms with Gasteiger partial charge in [0, 0.05) is 12.1 Å². The number of halogens is 1. The van der Waals surface area contributed by atoms with E-state index in [0.717, 1.165) is 11.3 Å². The van der Waals surface area contributed by atoms with E-state index in [9.17, 15) is 0 Å². The van der Waals surface area contributed by atoms with E-state index in [0.29, 0.717) is 0 Å². The molecule has 0 atom stereocenters. The third-order valence-electron chi connectivity index (χ3n) is 2.00. The fourth-order valence-corrected chi connectivity index (χ4v) is 1.47. The van der Waals surface area contributed by atoms with Gasteiger partial charge >= 0.3 is 11.3 Å². The van der Waals surface area contributed by atoms with Gasteiger partial charge in [-0.3, -0.25) is 0 Å². The number of fused-ring (bicyclic) bond motifs is 1. The summed E-state index contributed by atoms with van der Waals surface area (Å²) in [4.78, 5) is 0. The minimum atomic E-state index is 0. The van der Waals surface area contributed by atoms with E-state index in [2.05, 4.69) is 19.1 Å². The smallest absolute Gasteiger partial charge is 0.360 e. The summed E-state index contributed by atoms with van der Waals surface area (Å²) < 4.78 is 5.54. The van der Waals surface area contributed by atoms with Crippen molar-refractivity contribution in [1.29, 1.82) is 0 Å². The van der Waals surface area contributed by atoms with Gasteiger partial charge in [0.2, 0.25) is 0 Å². The highest BCUT2D eigenvalue weighted by Crippen LogP contribution is 2.19. The van der Waals surface area contributed by atoms with Crippen molar-refractivity contribution < 1.29 is 16.8 Å². The maximum atomic E-state index is 5.54. The van der Waals surface area contributed by atoms with Gasteiger partial charge in [-0.1, -0.05) is 12.1 Å². The molecule has 13 heavy (non-hydrogen) atoms. The molecular formula is C11H11ClO. The molecule has 1 aromatic heterocycles. The van der Waals surface area contributed by atoms with Crippen LogP contribution >= 0.6 is 0 Å². The summed E-state index contributed by atoms with van der Waals surface area (Å²) in [5, 5.41) is 1.20. The normalized spacial score (nSPS) is 9.69. The summed E-state index contributed by atoms with van der Waals surface area (Å²) in [7, 11) is 0. The third-order valence-corrected chi connectivity index (χ3v) is 2.00. The van der Waals surface area contributed by atoms with Crippen LogP contribution in [-0.4, -0.2) is 0 Å². The minimum Gasteiger partial charge on any atom is -1.00 e. The molecule has 0 spiro atoms. The average Bonchev–Trinajstić information content (AvgIpc) is 2.04. The summed E-state index contributed by atoms with van der Waals surface area (Å²) in [5.41, 5.74) is 2.24. The molecule has 0 aliphatic rings. The van der Waals surface area contributed by atoms with Crippen molar-refractivity contribution in [3.8, 4) is 0 Å². The van der Waals surface area contributed by atoms with Gasteiger partial charge in [-0.25, -0.2) is 4.42 Å². The molecule has 2 aromatic rings. The van der Waals surface area contributed by atoms with E-state index in [1.807, 2.05) is 25.1 Å². The molecule has 0 bridgehead atoms. The Hall–Kier alpha value is -1.08. The maximum Gasteiger partial charge on any atom is 0.360 e. The molecule has 0 saturated carbocycles. The van der Waals surface area contributed by atoms with E-state index in [1.165, 1.54) is 10.9 Å². The Kier molecular flexibility index (Phi) is 2.89. The van der Waals surface area contributed by atoms with Crippen molar-refractivity contribution >= 4 is 11.0 Å². The number of benzene rings is 1. The molecule has 2 rings (SSSR count). The molecule has 0 radical (unpaired) electrons. The van der Waals surface area contributed by atoms with Crippen LogP contribution < -0.4 is 12.4 Å². The van der Waals surface area contributed by atoms with Crippen molar-refractivity contribution in [2.45, 2.75) is 13.8 Å². The summed E-state index contributed by atoms with van der Waals surface area (Å²) in [5.74, 6) is 0.964. The van der Waals surface area contributed by atoms with Gasteiger partial charge in [0.15, 0.2) is 0 Å². The largest absolute Gasteiger partial charge is 1.00 e. The maximum absolute atomic E-state index is 5.54. The summed E-state index contributed by atoms with van der Waals surface area (Å²) in [6, 6.07) is 10.1. The van der Waals surface area contributed by atoms with Crippen LogP contribution in [0.1, 0.15) is 11.3 Å². The van der Waals surface area contributed by atoms with E-state index < -0.39 is 0 Å². The molecule has 0 N–H and O–H groups in total. The minimum absolute atomic E-state index is 0. The Morgan fingerprint density at radius 1 is 1.08 bits per heavy atom. The first-order valence-electron chi connectivity index (χ1n) is 4.06. The summed E-state index contributed by atoms with van der Waals surface area (Å²) in [6.07, 6.45) is 0. The molecule has 1 aromatic carbocycles. The predicted octanol–water partition coefficient (Wildman–Crippen LogP) is 0.335. The first-order chi connectivity index (χ1) is 5.77. The van der Waals surface area contributed by atoms with Crippen LogP contribution in [0.4, 0.5) is 0 Å². The van der Waals surface area contributed by atoms with Crippen LogP contribution in [0, 0.1) is 13.8 Å². The average molecular weight is 195 g/mol. The van der Waals surface area contributed by atoms with Crippen molar-refractivity contribution in [2.75, 3.05) is 0 Å². The Bertz CT molecular complexity index is 423. The van der Waals surface area contributed by atoms with E-state index in [1.54, 1.807) is 0 Å². The highest BCUT2D eigenvalue weighted by Gasteiger charge is 2.09. The first kappa shape index (κ1) is 10.0. The predicted molar refractivity (Wildman–Crippen MR) is 50.1 cm³/mol. The van der Waals surface area contributed by atoms with Crippen LogP contribution in [0.3, 0.4) is 0 Å². The second kappa shape index (κ2) is 3.75.